The summed E-state index contributed by atoms with van der Waals surface area (Å²) in [5, 5.41) is 2.18. The number of hydrogen-bond acceptors (Lipinski definition) is 1. The van der Waals surface area contributed by atoms with E-state index in [0.717, 1.165) is 40.4 Å². The van der Waals surface area contributed by atoms with Gasteiger partial charge in [-0.15, -0.1) is 0 Å². The Kier molecular flexibility index (Phi) is 5.31. The van der Waals surface area contributed by atoms with Crippen molar-refractivity contribution in [3.05, 3.63) is 83.8 Å². The van der Waals surface area contributed by atoms with Crippen molar-refractivity contribution in [3.8, 4) is 22.4 Å². The maximum atomic E-state index is 8.84. The molecule has 2 heterocycles. The number of pyridine rings is 2. The molecule has 0 atom stereocenters. The predicted molar refractivity (Wildman–Crippen MR) is 127 cm³/mol. The second-order valence-corrected chi connectivity index (χ2v) is 8.21. The Morgan fingerprint density at radius 2 is 1.80 bits per heavy atom. The number of aromatic nitrogens is 2. The number of rotatable bonds is 5. The molecule has 0 saturated carbocycles. The van der Waals surface area contributed by atoms with E-state index in [0.29, 0.717) is 12.0 Å². The smallest absolute Gasteiger partial charge is 0.220 e. The van der Waals surface area contributed by atoms with Gasteiger partial charge in [0.25, 0.3) is 0 Å². The topological polar surface area (TPSA) is 16.8 Å². The summed E-state index contributed by atoms with van der Waals surface area (Å²) in [4.78, 5) is 4.29. The van der Waals surface area contributed by atoms with Crippen LogP contribution in [0.3, 0.4) is 0 Å². The average molecular weight is 397 g/mol. The maximum Gasteiger partial charge on any atom is 0.220 e. The van der Waals surface area contributed by atoms with Gasteiger partial charge in [0.15, 0.2) is 5.69 Å². The highest BCUT2D eigenvalue weighted by Gasteiger charge is 2.21. The van der Waals surface area contributed by atoms with E-state index in [1.54, 1.807) is 6.20 Å². The molecular weight excluding hydrogens is 364 g/mol. The molecule has 0 spiro atoms. The lowest BCUT2D eigenvalue weighted by Gasteiger charge is -2.15. The summed E-state index contributed by atoms with van der Waals surface area (Å²) in [6, 6.07) is 18.1. The van der Waals surface area contributed by atoms with Crippen LogP contribution >= 0.6 is 0 Å². The number of benzene rings is 2. The van der Waals surface area contributed by atoms with E-state index in [-0.39, 0.29) is 0 Å². The van der Waals surface area contributed by atoms with Crippen molar-refractivity contribution in [1.82, 2.24) is 4.98 Å². The van der Waals surface area contributed by atoms with Gasteiger partial charge in [0.1, 0.15) is 7.05 Å². The van der Waals surface area contributed by atoms with Crippen LogP contribution in [0, 0.1) is 13.8 Å². The van der Waals surface area contributed by atoms with E-state index >= 15 is 0 Å². The van der Waals surface area contributed by atoms with Gasteiger partial charge in [-0.25, -0.2) is 0 Å². The first-order valence-corrected chi connectivity index (χ1v) is 10.9. The molecule has 0 aliphatic carbocycles. The van der Waals surface area contributed by atoms with Crippen LogP contribution in [-0.2, 0) is 7.05 Å². The molecule has 0 amide bonds. The fourth-order valence-corrected chi connectivity index (χ4v) is 4.43. The average Bonchev–Trinajstić information content (AvgIpc) is 2.80. The summed E-state index contributed by atoms with van der Waals surface area (Å²) in [6.07, 6.45) is 5.95. The monoisotopic (exact) mass is 396 g/mol. The van der Waals surface area contributed by atoms with Crippen LogP contribution in [0.5, 0.6) is 0 Å². The van der Waals surface area contributed by atoms with Crippen molar-refractivity contribution in [1.29, 1.82) is 0 Å². The third kappa shape index (κ3) is 3.63. The molecule has 4 rings (SSSR count). The molecule has 30 heavy (non-hydrogen) atoms. The SMILES string of the molecule is [2H]c1c(C)[n+](C)c(-c2cc(-c3cccnc3)ccc2C)c2ccc(C(CC)CC)cc12. The molecule has 0 fully saturated rings. The van der Waals surface area contributed by atoms with Crippen molar-refractivity contribution in [2.24, 2.45) is 7.05 Å². The first-order valence-electron chi connectivity index (χ1n) is 11.4. The molecule has 0 aliphatic rings. The van der Waals surface area contributed by atoms with E-state index in [1.165, 1.54) is 22.4 Å². The predicted octanol–water partition coefficient (Wildman–Crippen LogP) is 6.91. The Hall–Kier alpha value is -3.00. The first-order chi connectivity index (χ1) is 15.0. The second kappa shape index (κ2) is 8.39. The minimum atomic E-state index is 0.539. The van der Waals surface area contributed by atoms with Gasteiger partial charge >= 0.3 is 0 Å². The van der Waals surface area contributed by atoms with Gasteiger partial charge in [-0.3, -0.25) is 4.98 Å². The summed E-state index contributed by atoms with van der Waals surface area (Å²) >= 11 is 0. The summed E-state index contributed by atoms with van der Waals surface area (Å²) < 4.78 is 11.0. The molecule has 2 aromatic carbocycles. The van der Waals surface area contributed by atoms with Gasteiger partial charge < -0.3 is 0 Å². The summed E-state index contributed by atoms with van der Waals surface area (Å²) in [7, 11) is 2.08. The van der Waals surface area contributed by atoms with Gasteiger partial charge in [-0.1, -0.05) is 44.2 Å². The van der Waals surface area contributed by atoms with Crippen LogP contribution in [0.15, 0.2) is 67.0 Å². The highest BCUT2D eigenvalue weighted by atomic mass is 14.9. The molecular formula is C28H31N2+. The quantitative estimate of drug-likeness (QED) is 0.335. The van der Waals surface area contributed by atoms with Crippen molar-refractivity contribution in [3.63, 3.8) is 0 Å². The van der Waals surface area contributed by atoms with E-state index in [1.807, 2.05) is 12.3 Å². The lowest BCUT2D eigenvalue weighted by atomic mass is 9.90. The van der Waals surface area contributed by atoms with Crippen LogP contribution in [0.2, 0.25) is 0 Å². The first kappa shape index (κ1) is 19.0. The molecule has 152 valence electrons. The zero-order chi connectivity index (χ0) is 22.1. The van der Waals surface area contributed by atoms with Crippen LogP contribution in [0.1, 0.15) is 50.8 Å². The molecule has 0 saturated heterocycles. The third-order valence-corrected chi connectivity index (χ3v) is 6.40. The highest BCUT2D eigenvalue weighted by molar-refractivity contribution is 5.95. The van der Waals surface area contributed by atoms with E-state index in [9.17, 15) is 0 Å². The van der Waals surface area contributed by atoms with Crippen LogP contribution < -0.4 is 4.57 Å². The summed E-state index contributed by atoms with van der Waals surface area (Å²) in [5.74, 6) is 0.539. The van der Waals surface area contributed by atoms with Gasteiger partial charge in [-0.2, -0.15) is 4.57 Å². The fraction of sp³-hybridized carbons (Fsp3) is 0.286. The third-order valence-electron chi connectivity index (χ3n) is 6.40. The summed E-state index contributed by atoms with van der Waals surface area (Å²) in [6.45, 7) is 8.70. The number of fused-ring (bicyclic) bond motifs is 1. The molecule has 0 unspecified atom stereocenters. The number of hydrogen-bond donors (Lipinski definition) is 0. The highest BCUT2D eigenvalue weighted by Crippen LogP contribution is 2.34. The zero-order valence-electron chi connectivity index (χ0n) is 19.7. The zero-order valence-corrected chi connectivity index (χ0v) is 18.7. The van der Waals surface area contributed by atoms with Crippen molar-refractivity contribution < 1.29 is 5.94 Å². The standard InChI is InChI=1S/C28H31N2/c1-6-21(7-2)22-12-13-26-25(16-22)15-20(4)30(5)28(26)27-17-23(11-10-19(27)3)24-9-8-14-29-18-24/h8-18,21H,6-7H2,1-5H3/q+1/i15D. The van der Waals surface area contributed by atoms with Crippen LogP contribution in [0.4, 0.5) is 0 Å². The molecule has 2 nitrogen and oxygen atoms in total. The Morgan fingerprint density at radius 1 is 1.00 bits per heavy atom. The number of nitrogens with zero attached hydrogens (tertiary/aromatic N) is 2. The molecule has 2 heteroatoms. The fourth-order valence-electron chi connectivity index (χ4n) is 4.43. The Bertz CT molecular complexity index is 1240. The van der Waals surface area contributed by atoms with E-state index in [2.05, 4.69) is 86.8 Å². The largest absolute Gasteiger partial charge is 0.264 e. The Balaban J connectivity index is 2.00. The van der Waals surface area contributed by atoms with Crippen LogP contribution in [0.25, 0.3) is 33.2 Å². The molecule has 0 bridgehead atoms. The van der Waals surface area contributed by atoms with Gasteiger partial charge in [-0.05, 0) is 66.0 Å². The minimum Gasteiger partial charge on any atom is -0.264 e. The molecule has 4 aromatic rings. The molecule has 2 aromatic heterocycles. The van der Waals surface area contributed by atoms with Crippen molar-refractivity contribution in [2.45, 2.75) is 46.5 Å². The lowest BCUT2D eigenvalue weighted by Crippen LogP contribution is -2.35. The van der Waals surface area contributed by atoms with Gasteiger partial charge in [0, 0.05) is 30.9 Å². The molecule has 0 aliphatic heterocycles. The lowest BCUT2D eigenvalue weighted by molar-refractivity contribution is -0.665. The Morgan fingerprint density at radius 3 is 2.50 bits per heavy atom. The number of aryl methyl sites for hydroxylation is 1. The normalized spacial score (nSPS) is 11.9. The molecule has 0 N–H and O–H groups in total. The van der Waals surface area contributed by atoms with E-state index in [4.69, 9.17) is 1.37 Å². The van der Waals surface area contributed by atoms with Crippen molar-refractivity contribution >= 4 is 10.8 Å². The van der Waals surface area contributed by atoms with Crippen LogP contribution in [-0.4, -0.2) is 4.98 Å². The maximum absolute atomic E-state index is 8.84. The minimum absolute atomic E-state index is 0.539. The summed E-state index contributed by atoms with van der Waals surface area (Å²) in [5.41, 5.74) is 8.19. The van der Waals surface area contributed by atoms with Crippen molar-refractivity contribution in [2.75, 3.05) is 0 Å². The second-order valence-electron chi connectivity index (χ2n) is 8.21. The van der Waals surface area contributed by atoms with E-state index < -0.39 is 0 Å². The molecule has 0 radical (unpaired) electrons. The van der Waals surface area contributed by atoms with Gasteiger partial charge in [0.2, 0.25) is 5.69 Å². The van der Waals surface area contributed by atoms with Gasteiger partial charge in [0.05, 0.1) is 12.3 Å². The Labute approximate surface area is 181 Å².